The number of piperidine rings is 2. The van der Waals surface area contributed by atoms with Gasteiger partial charge in [-0.05, 0) is 56.6 Å². The highest BCUT2D eigenvalue weighted by Crippen LogP contribution is 2.24. The molecule has 2 unspecified atom stereocenters. The third-order valence-corrected chi connectivity index (χ3v) is 5.08. The minimum Gasteiger partial charge on any atom is -0.337 e. The monoisotopic (exact) mass is 318 g/mol. The number of amides is 1. The van der Waals surface area contributed by atoms with E-state index in [0.29, 0.717) is 23.6 Å². The molecular weight excluding hydrogens is 288 g/mol. The maximum atomic E-state index is 12.8. The molecule has 0 radical (unpaired) electrons. The van der Waals surface area contributed by atoms with Crippen LogP contribution in [0, 0.1) is 11.8 Å². The van der Waals surface area contributed by atoms with Crippen LogP contribution in [0.2, 0.25) is 0 Å². The minimum atomic E-state index is 0.112. The van der Waals surface area contributed by atoms with Gasteiger partial charge in [0.05, 0.1) is 6.04 Å². The van der Waals surface area contributed by atoms with E-state index in [1.54, 1.807) is 0 Å². The molecule has 2 fully saturated rings. The molecule has 0 aromatic carbocycles. The fourth-order valence-corrected chi connectivity index (χ4v) is 3.99. The lowest BCUT2D eigenvalue weighted by Crippen LogP contribution is -2.40. The molecule has 3 rings (SSSR count). The summed E-state index contributed by atoms with van der Waals surface area (Å²) in [4.78, 5) is 14.8. The Morgan fingerprint density at radius 1 is 1.39 bits per heavy atom. The van der Waals surface area contributed by atoms with Crippen LogP contribution in [0.25, 0.3) is 0 Å². The van der Waals surface area contributed by atoms with E-state index in [1.165, 1.54) is 19.3 Å². The summed E-state index contributed by atoms with van der Waals surface area (Å²) >= 11 is 0. The molecule has 1 amide bonds. The van der Waals surface area contributed by atoms with Gasteiger partial charge < -0.3 is 10.2 Å². The van der Waals surface area contributed by atoms with E-state index >= 15 is 0 Å². The molecule has 5 nitrogen and oxygen atoms in total. The van der Waals surface area contributed by atoms with E-state index in [-0.39, 0.29) is 5.91 Å². The first kappa shape index (κ1) is 16.5. The van der Waals surface area contributed by atoms with Crippen molar-refractivity contribution < 1.29 is 4.79 Å². The molecule has 2 aliphatic rings. The van der Waals surface area contributed by atoms with Crippen molar-refractivity contribution in [2.75, 3.05) is 26.2 Å². The summed E-state index contributed by atoms with van der Waals surface area (Å²) in [7, 11) is 0. The number of rotatable bonds is 4. The lowest BCUT2D eigenvalue weighted by molar-refractivity contribution is 0.0652. The van der Waals surface area contributed by atoms with E-state index in [9.17, 15) is 4.79 Å². The number of carbonyl (C=O) groups is 1. The zero-order valence-corrected chi connectivity index (χ0v) is 14.5. The first-order valence-electron chi connectivity index (χ1n) is 9.18. The Bertz CT molecular complexity index is 519. The third-order valence-electron chi connectivity index (χ3n) is 5.08. The van der Waals surface area contributed by atoms with Crippen molar-refractivity contribution >= 4 is 5.91 Å². The Labute approximate surface area is 139 Å². The van der Waals surface area contributed by atoms with Crippen LogP contribution in [0.4, 0.5) is 0 Å². The fraction of sp³-hybridized carbons (Fsp3) is 0.778. The van der Waals surface area contributed by atoms with Crippen molar-refractivity contribution in [1.82, 2.24) is 20.0 Å². The van der Waals surface area contributed by atoms with Gasteiger partial charge in [0.25, 0.3) is 5.91 Å². The van der Waals surface area contributed by atoms with Crippen LogP contribution in [0.15, 0.2) is 12.3 Å². The lowest BCUT2D eigenvalue weighted by atomic mass is 9.89. The Morgan fingerprint density at radius 2 is 2.26 bits per heavy atom. The maximum Gasteiger partial charge on any atom is 0.274 e. The number of hydrogen-bond acceptors (Lipinski definition) is 3. The molecule has 1 aromatic rings. The van der Waals surface area contributed by atoms with Gasteiger partial charge in [0.15, 0.2) is 0 Å². The molecule has 2 atom stereocenters. The average molecular weight is 318 g/mol. The van der Waals surface area contributed by atoms with Crippen molar-refractivity contribution in [2.45, 2.75) is 52.0 Å². The van der Waals surface area contributed by atoms with Gasteiger partial charge in [-0.25, -0.2) is 0 Å². The van der Waals surface area contributed by atoms with Crippen LogP contribution in [0.5, 0.6) is 0 Å². The summed E-state index contributed by atoms with van der Waals surface area (Å²) in [5, 5.41) is 7.98. The molecule has 5 heteroatoms. The maximum absolute atomic E-state index is 12.8. The summed E-state index contributed by atoms with van der Waals surface area (Å²) in [5.74, 6) is 1.46. The van der Waals surface area contributed by atoms with Crippen molar-refractivity contribution in [3.63, 3.8) is 0 Å². The van der Waals surface area contributed by atoms with Crippen LogP contribution < -0.4 is 5.32 Å². The topological polar surface area (TPSA) is 50.2 Å². The molecule has 2 aliphatic heterocycles. The second-order valence-electron chi connectivity index (χ2n) is 7.57. The van der Waals surface area contributed by atoms with Gasteiger partial charge >= 0.3 is 0 Å². The van der Waals surface area contributed by atoms with Crippen LogP contribution in [-0.4, -0.2) is 46.8 Å². The van der Waals surface area contributed by atoms with Gasteiger partial charge in [-0.2, -0.15) is 5.10 Å². The van der Waals surface area contributed by atoms with Gasteiger partial charge in [0.1, 0.15) is 5.69 Å². The van der Waals surface area contributed by atoms with E-state index in [0.717, 1.165) is 39.0 Å². The summed E-state index contributed by atoms with van der Waals surface area (Å²) in [6, 6.07) is 2.28. The van der Waals surface area contributed by atoms with E-state index < -0.39 is 0 Å². The van der Waals surface area contributed by atoms with Crippen molar-refractivity contribution in [3.8, 4) is 0 Å². The molecule has 2 saturated heterocycles. The average Bonchev–Trinajstić information content (AvgIpc) is 3.04. The highest BCUT2D eigenvalue weighted by atomic mass is 16.2. The van der Waals surface area contributed by atoms with E-state index in [1.807, 2.05) is 21.8 Å². The SMILES string of the molecule is CC(C)CC1CCCN(C(=O)c2ccn(C3CCCNC3)n2)C1. The van der Waals surface area contributed by atoms with Crippen LogP contribution >= 0.6 is 0 Å². The van der Waals surface area contributed by atoms with Gasteiger partial charge in [0, 0.05) is 25.8 Å². The van der Waals surface area contributed by atoms with Crippen molar-refractivity contribution in [3.05, 3.63) is 18.0 Å². The largest absolute Gasteiger partial charge is 0.337 e. The zero-order valence-electron chi connectivity index (χ0n) is 14.5. The zero-order chi connectivity index (χ0) is 16.2. The molecular formula is C18H30N4O. The second-order valence-corrected chi connectivity index (χ2v) is 7.57. The van der Waals surface area contributed by atoms with E-state index in [2.05, 4.69) is 24.3 Å². The summed E-state index contributed by atoms with van der Waals surface area (Å²) in [6.45, 7) is 8.35. The normalized spacial score (nSPS) is 25.8. The number of nitrogens with zero attached hydrogens (tertiary/aromatic N) is 3. The number of nitrogens with one attached hydrogen (secondary N) is 1. The van der Waals surface area contributed by atoms with Gasteiger partial charge in [0.2, 0.25) is 0 Å². The summed E-state index contributed by atoms with van der Waals surface area (Å²) in [6.07, 6.45) is 7.88. The Hall–Kier alpha value is -1.36. The van der Waals surface area contributed by atoms with Gasteiger partial charge in [-0.3, -0.25) is 9.48 Å². The number of carbonyl (C=O) groups excluding carboxylic acids is 1. The molecule has 0 bridgehead atoms. The first-order valence-corrected chi connectivity index (χ1v) is 9.18. The Kier molecular flexibility index (Phi) is 5.36. The third kappa shape index (κ3) is 4.14. The number of hydrogen-bond donors (Lipinski definition) is 1. The minimum absolute atomic E-state index is 0.112. The number of likely N-dealkylation sites (tertiary alicyclic amines) is 1. The first-order chi connectivity index (χ1) is 11.1. The van der Waals surface area contributed by atoms with Crippen LogP contribution in [-0.2, 0) is 0 Å². The highest BCUT2D eigenvalue weighted by Gasteiger charge is 2.26. The molecule has 23 heavy (non-hydrogen) atoms. The summed E-state index contributed by atoms with van der Waals surface area (Å²) < 4.78 is 1.98. The van der Waals surface area contributed by atoms with Gasteiger partial charge in [-0.1, -0.05) is 13.8 Å². The summed E-state index contributed by atoms with van der Waals surface area (Å²) in [5.41, 5.74) is 0.612. The smallest absolute Gasteiger partial charge is 0.274 e. The molecule has 3 heterocycles. The molecule has 0 spiro atoms. The van der Waals surface area contributed by atoms with Crippen molar-refractivity contribution in [2.24, 2.45) is 11.8 Å². The molecule has 1 N–H and O–H groups in total. The van der Waals surface area contributed by atoms with Crippen LogP contribution in [0.3, 0.4) is 0 Å². The number of aromatic nitrogens is 2. The standard InChI is InChI=1S/C18H30N4O/c1-14(2)11-15-5-4-9-21(13-15)18(23)17-7-10-22(20-17)16-6-3-8-19-12-16/h7,10,14-16,19H,3-6,8-9,11-13H2,1-2H3. The fourth-order valence-electron chi connectivity index (χ4n) is 3.99. The molecule has 1 aromatic heterocycles. The second kappa shape index (κ2) is 7.47. The van der Waals surface area contributed by atoms with Crippen LogP contribution in [0.1, 0.15) is 62.5 Å². The molecule has 128 valence electrons. The Morgan fingerprint density at radius 3 is 3.00 bits per heavy atom. The van der Waals surface area contributed by atoms with E-state index in [4.69, 9.17) is 0 Å². The predicted octanol–water partition coefficient (Wildman–Crippen LogP) is 2.71. The Balaban J connectivity index is 1.62. The van der Waals surface area contributed by atoms with Gasteiger partial charge in [-0.15, -0.1) is 0 Å². The molecule has 0 aliphatic carbocycles. The highest BCUT2D eigenvalue weighted by molar-refractivity contribution is 5.92. The predicted molar refractivity (Wildman–Crippen MR) is 91.5 cm³/mol. The lowest BCUT2D eigenvalue weighted by Gasteiger charge is -2.33. The van der Waals surface area contributed by atoms with Crippen molar-refractivity contribution in [1.29, 1.82) is 0 Å². The quantitative estimate of drug-likeness (QED) is 0.928. The molecule has 0 saturated carbocycles.